The third-order valence-corrected chi connectivity index (χ3v) is 8.47. The zero-order valence-electron chi connectivity index (χ0n) is 23.4. The van der Waals surface area contributed by atoms with E-state index in [0.717, 1.165) is 0 Å². The first-order chi connectivity index (χ1) is 19.0. The topological polar surface area (TPSA) is 190 Å². The fraction of sp³-hybridized carbons (Fsp3) is 0.400. The Kier molecular flexibility index (Phi) is 6.32. The summed E-state index contributed by atoms with van der Waals surface area (Å²) in [7, 11) is 3.16. The Morgan fingerprint density at radius 2 is 1.76 bits per heavy atom. The second-order valence-corrected chi connectivity index (χ2v) is 12.4. The number of Topliss-reactive ketones (excluding diaryl/α,β-unsaturated/α-hetero) is 2. The number of nitrogens with two attached hydrogens (primary N) is 1. The van der Waals surface area contributed by atoms with Gasteiger partial charge in [0.15, 0.2) is 11.4 Å². The van der Waals surface area contributed by atoms with E-state index in [9.17, 15) is 39.6 Å². The summed E-state index contributed by atoms with van der Waals surface area (Å²) < 4.78 is 0. The Balaban J connectivity index is 1.66. The van der Waals surface area contributed by atoms with Crippen molar-refractivity contribution < 1.29 is 39.6 Å². The van der Waals surface area contributed by atoms with Crippen LogP contribution in [0.15, 0.2) is 46.9 Å². The van der Waals surface area contributed by atoms with Gasteiger partial charge >= 0.3 is 0 Å². The number of carbonyl (C=O) groups is 4. The Labute approximate surface area is 235 Å². The van der Waals surface area contributed by atoms with Crippen molar-refractivity contribution in [3.8, 4) is 5.75 Å². The van der Waals surface area contributed by atoms with Crippen LogP contribution >= 0.6 is 0 Å². The molecule has 0 heterocycles. The van der Waals surface area contributed by atoms with Gasteiger partial charge in [-0.25, -0.2) is 0 Å². The van der Waals surface area contributed by atoms with Crippen molar-refractivity contribution in [2.45, 2.75) is 45.3 Å². The van der Waals surface area contributed by atoms with Crippen molar-refractivity contribution in [1.82, 2.24) is 4.90 Å². The minimum Gasteiger partial charge on any atom is -0.510 e. The maximum absolute atomic E-state index is 13.9. The summed E-state index contributed by atoms with van der Waals surface area (Å²) in [6.07, 6.45) is 0.211. The van der Waals surface area contributed by atoms with Gasteiger partial charge in [-0.3, -0.25) is 24.1 Å². The normalized spacial score (nSPS) is 26.2. The lowest BCUT2D eigenvalue weighted by atomic mass is 9.58. The van der Waals surface area contributed by atoms with E-state index in [1.165, 1.54) is 4.90 Å². The number of ketones is 2. The van der Waals surface area contributed by atoms with Gasteiger partial charge in [0.2, 0.25) is 11.7 Å². The number of aliphatic hydroxyl groups excluding tert-OH is 2. The molecule has 216 valence electrons. The van der Waals surface area contributed by atoms with Crippen molar-refractivity contribution in [3.05, 3.63) is 58.1 Å². The van der Waals surface area contributed by atoms with E-state index in [4.69, 9.17) is 5.73 Å². The van der Waals surface area contributed by atoms with Crippen molar-refractivity contribution in [2.75, 3.05) is 19.4 Å². The second kappa shape index (κ2) is 9.15. The van der Waals surface area contributed by atoms with E-state index in [1.807, 2.05) is 0 Å². The standard InChI is InChI=1S/C30H33N3O8/c1-29(2,3)28(40)32-15-7-6-12-8-13-9-14-10-17-21(33(4)5)24(36)20(27(31)39)26(38)30(17,41)25(37)19(14)23(35)18(13)22(34)16(12)11-15/h6-8,11,14,17,21,34,36-37,41H,9-10H2,1-5H3,(H2,31,39)(H,32,40)/t14-,17-,21-,30-/m0/s1. The summed E-state index contributed by atoms with van der Waals surface area (Å²) in [5.74, 6) is -7.19. The second-order valence-electron chi connectivity index (χ2n) is 12.4. The van der Waals surface area contributed by atoms with Crippen molar-refractivity contribution in [3.63, 3.8) is 0 Å². The predicted octanol–water partition coefficient (Wildman–Crippen LogP) is 2.26. The smallest absolute Gasteiger partial charge is 0.255 e. The number of likely N-dealkylation sites (N-methyl/N-ethyl adjacent to an activating group) is 1. The Bertz CT molecular complexity index is 1630. The number of nitrogens with zero attached hydrogens (tertiary/aromatic N) is 1. The summed E-state index contributed by atoms with van der Waals surface area (Å²) in [5, 5.41) is 49.0. The predicted molar refractivity (Wildman–Crippen MR) is 149 cm³/mol. The lowest BCUT2D eigenvalue weighted by molar-refractivity contribution is -0.148. The average Bonchev–Trinajstić information content (AvgIpc) is 2.85. The van der Waals surface area contributed by atoms with Gasteiger partial charge in [-0.1, -0.05) is 32.9 Å². The molecule has 11 nitrogen and oxygen atoms in total. The van der Waals surface area contributed by atoms with E-state index < -0.39 is 63.5 Å². The number of primary amides is 1. The largest absolute Gasteiger partial charge is 0.510 e. The molecule has 0 saturated carbocycles. The maximum atomic E-state index is 13.9. The SMILES string of the molecule is CN(C)[C@@H]1C(O)=C(C(N)=O)C(=O)[C@@]2(O)C(O)=C3C(=O)c4c(cc5ccc(NC(=O)C(C)(C)C)cc5c4O)C[C@H]3C[C@@H]12. The van der Waals surface area contributed by atoms with Crippen LogP contribution < -0.4 is 11.1 Å². The van der Waals surface area contributed by atoms with Gasteiger partial charge in [0.05, 0.1) is 11.6 Å². The molecule has 0 spiro atoms. The van der Waals surface area contributed by atoms with E-state index in [0.29, 0.717) is 22.0 Å². The van der Waals surface area contributed by atoms with Gasteiger partial charge in [0.1, 0.15) is 22.8 Å². The van der Waals surface area contributed by atoms with Crippen LogP contribution in [0.2, 0.25) is 0 Å². The monoisotopic (exact) mass is 563 g/mol. The third-order valence-electron chi connectivity index (χ3n) is 8.47. The number of hydrogen-bond donors (Lipinski definition) is 6. The lowest BCUT2D eigenvalue weighted by Gasteiger charge is -2.50. The lowest BCUT2D eigenvalue weighted by Crippen LogP contribution is -2.63. The fourth-order valence-electron chi connectivity index (χ4n) is 6.41. The summed E-state index contributed by atoms with van der Waals surface area (Å²) in [4.78, 5) is 53.4. The Hall–Kier alpha value is -4.22. The number of rotatable bonds is 3. The minimum atomic E-state index is -2.69. The molecular weight excluding hydrogens is 530 g/mol. The molecule has 4 atom stereocenters. The van der Waals surface area contributed by atoms with Gasteiger partial charge in [0, 0.05) is 28.0 Å². The molecular formula is C30H33N3O8. The molecule has 2 amide bonds. The van der Waals surface area contributed by atoms with Gasteiger partial charge in [-0.05, 0) is 55.9 Å². The zero-order valence-corrected chi connectivity index (χ0v) is 23.4. The molecule has 11 heteroatoms. The maximum Gasteiger partial charge on any atom is 0.255 e. The number of nitrogens with one attached hydrogen (secondary N) is 1. The number of hydrogen-bond acceptors (Lipinski definition) is 9. The first kappa shape index (κ1) is 28.3. The number of fused-ring (bicyclic) bond motifs is 4. The van der Waals surface area contributed by atoms with Crippen LogP contribution in [0.1, 0.15) is 43.1 Å². The number of aromatic hydroxyl groups is 1. The van der Waals surface area contributed by atoms with Crippen LogP contribution in [-0.4, -0.2) is 74.4 Å². The van der Waals surface area contributed by atoms with Gasteiger partial charge < -0.3 is 31.5 Å². The van der Waals surface area contributed by atoms with Gasteiger partial charge in [0.25, 0.3) is 5.91 Å². The Morgan fingerprint density at radius 1 is 1.10 bits per heavy atom. The molecule has 2 aromatic rings. The zero-order chi connectivity index (χ0) is 30.3. The number of anilines is 1. The van der Waals surface area contributed by atoms with Crippen LogP contribution in [0, 0.1) is 17.3 Å². The van der Waals surface area contributed by atoms with Crippen LogP contribution in [0.4, 0.5) is 5.69 Å². The van der Waals surface area contributed by atoms with E-state index in [1.54, 1.807) is 59.1 Å². The van der Waals surface area contributed by atoms with Gasteiger partial charge in [-0.15, -0.1) is 0 Å². The molecule has 0 aliphatic heterocycles. The highest BCUT2D eigenvalue weighted by molar-refractivity contribution is 6.25. The Morgan fingerprint density at radius 3 is 2.34 bits per heavy atom. The number of benzene rings is 2. The fourth-order valence-corrected chi connectivity index (χ4v) is 6.41. The first-order valence-electron chi connectivity index (χ1n) is 13.2. The summed E-state index contributed by atoms with van der Waals surface area (Å²) in [5.41, 5.74) is 1.78. The quantitative estimate of drug-likeness (QED) is 0.304. The summed E-state index contributed by atoms with van der Waals surface area (Å²) in [6, 6.07) is 5.67. The summed E-state index contributed by atoms with van der Waals surface area (Å²) >= 11 is 0. The molecule has 0 radical (unpaired) electrons. The number of phenols is 1. The van der Waals surface area contributed by atoms with Crippen molar-refractivity contribution >= 4 is 39.8 Å². The van der Waals surface area contributed by atoms with Crippen LogP contribution in [0.5, 0.6) is 5.75 Å². The molecule has 3 aliphatic rings. The molecule has 0 saturated heterocycles. The minimum absolute atomic E-state index is 0.0162. The van der Waals surface area contributed by atoms with E-state index in [-0.39, 0.29) is 35.6 Å². The number of amides is 2. The molecule has 0 unspecified atom stereocenters. The first-order valence-corrected chi connectivity index (χ1v) is 13.2. The molecule has 5 rings (SSSR count). The highest BCUT2D eigenvalue weighted by atomic mass is 16.3. The van der Waals surface area contributed by atoms with Crippen LogP contribution in [-0.2, 0) is 20.8 Å². The molecule has 0 bridgehead atoms. The molecule has 0 aromatic heterocycles. The number of phenolic OH excluding ortho intramolecular Hbond substituents is 1. The summed E-state index contributed by atoms with van der Waals surface area (Å²) in [6.45, 7) is 5.28. The van der Waals surface area contributed by atoms with Crippen molar-refractivity contribution in [1.29, 1.82) is 0 Å². The van der Waals surface area contributed by atoms with E-state index >= 15 is 0 Å². The van der Waals surface area contributed by atoms with E-state index in [2.05, 4.69) is 5.32 Å². The number of aliphatic hydroxyl groups is 3. The molecule has 3 aliphatic carbocycles. The van der Waals surface area contributed by atoms with Gasteiger partial charge in [-0.2, -0.15) is 0 Å². The molecule has 41 heavy (non-hydrogen) atoms. The number of carbonyl (C=O) groups excluding carboxylic acids is 4. The molecule has 2 aromatic carbocycles. The molecule has 7 N–H and O–H groups in total. The molecule has 0 fully saturated rings. The third kappa shape index (κ3) is 4.02. The number of allylic oxidation sites excluding steroid dienone is 1. The van der Waals surface area contributed by atoms with Crippen LogP contribution in [0.3, 0.4) is 0 Å². The van der Waals surface area contributed by atoms with Crippen molar-refractivity contribution in [2.24, 2.45) is 23.0 Å². The highest BCUT2D eigenvalue weighted by Crippen LogP contribution is 2.52. The van der Waals surface area contributed by atoms with Crippen LogP contribution in [0.25, 0.3) is 10.8 Å². The highest BCUT2D eigenvalue weighted by Gasteiger charge is 2.63. The average molecular weight is 564 g/mol.